The van der Waals surface area contributed by atoms with Gasteiger partial charge >= 0.3 is 0 Å². The van der Waals surface area contributed by atoms with Crippen LogP contribution in [0.15, 0.2) is 114 Å². The molecule has 0 saturated heterocycles. The minimum atomic E-state index is -3.99. The van der Waals surface area contributed by atoms with Crippen LogP contribution < -0.4 is 13.8 Å². The zero-order valence-corrected chi connectivity index (χ0v) is 24.4. The summed E-state index contributed by atoms with van der Waals surface area (Å²) in [5, 5.41) is 7.82. The molecule has 0 amide bonds. The van der Waals surface area contributed by atoms with Gasteiger partial charge in [0.2, 0.25) is 0 Å². The molecule has 0 fully saturated rings. The predicted molar refractivity (Wildman–Crippen MR) is 165 cm³/mol. The fraction of sp³-hybridized carbons (Fsp3) is 0.147. The van der Waals surface area contributed by atoms with Crippen molar-refractivity contribution in [3.05, 3.63) is 137 Å². The van der Waals surface area contributed by atoms with Gasteiger partial charge in [0, 0.05) is 23.1 Å². The Morgan fingerprint density at radius 2 is 1.43 bits per heavy atom. The van der Waals surface area contributed by atoms with Crippen LogP contribution in [0, 0.1) is 6.92 Å². The molecule has 1 aromatic heterocycles. The van der Waals surface area contributed by atoms with E-state index in [-0.39, 0.29) is 4.90 Å². The number of hydrogen-bond acceptors (Lipinski definition) is 5. The molecule has 0 saturated carbocycles. The van der Waals surface area contributed by atoms with Crippen LogP contribution in [-0.4, -0.2) is 32.8 Å². The summed E-state index contributed by atoms with van der Waals surface area (Å²) in [6.07, 6.45) is 4.61. The van der Waals surface area contributed by atoms with E-state index >= 15 is 0 Å². The van der Waals surface area contributed by atoms with E-state index in [1.807, 2.05) is 67.6 Å². The Morgan fingerprint density at radius 1 is 0.810 bits per heavy atom. The van der Waals surface area contributed by atoms with Crippen molar-refractivity contribution in [1.82, 2.24) is 10.2 Å². The molecule has 1 N–H and O–H groups in total. The fourth-order valence-electron chi connectivity index (χ4n) is 5.52. The zero-order chi connectivity index (χ0) is 29.3. The highest BCUT2D eigenvalue weighted by molar-refractivity contribution is 7.93. The number of aromatic nitrogens is 2. The Morgan fingerprint density at radius 3 is 2.02 bits per heavy atom. The number of para-hydroxylation sites is 1. The summed E-state index contributed by atoms with van der Waals surface area (Å²) in [4.78, 5) is 0.190. The molecule has 0 spiro atoms. The maximum Gasteiger partial charge on any atom is 0.269 e. The van der Waals surface area contributed by atoms with Crippen molar-refractivity contribution in [1.29, 1.82) is 0 Å². The van der Waals surface area contributed by atoms with Crippen LogP contribution in [0.3, 0.4) is 0 Å². The zero-order valence-electron chi connectivity index (χ0n) is 23.6. The second-order valence-corrected chi connectivity index (χ2v) is 12.1. The lowest BCUT2D eigenvalue weighted by Gasteiger charge is -2.35. The molecule has 0 radical (unpaired) electrons. The number of fused-ring (bicyclic) bond motifs is 1. The van der Waals surface area contributed by atoms with Gasteiger partial charge in [-0.1, -0.05) is 72.3 Å². The van der Waals surface area contributed by atoms with Crippen molar-refractivity contribution in [2.45, 2.75) is 23.7 Å². The number of rotatable bonds is 8. The lowest BCUT2D eigenvalue weighted by Crippen LogP contribution is -2.31. The van der Waals surface area contributed by atoms with E-state index in [2.05, 4.69) is 28.4 Å². The van der Waals surface area contributed by atoms with E-state index in [4.69, 9.17) is 9.47 Å². The lowest BCUT2D eigenvalue weighted by molar-refractivity contribution is 0.411. The van der Waals surface area contributed by atoms with E-state index in [0.29, 0.717) is 17.9 Å². The average molecular weight is 578 g/mol. The van der Waals surface area contributed by atoms with Crippen LogP contribution in [0.5, 0.6) is 11.5 Å². The van der Waals surface area contributed by atoms with Crippen LogP contribution >= 0.6 is 0 Å². The molecule has 0 atom stereocenters. The number of aryl methyl sites for hydroxylation is 1. The molecule has 212 valence electrons. The molecule has 42 heavy (non-hydrogen) atoms. The first-order valence-corrected chi connectivity index (χ1v) is 15.0. The average Bonchev–Trinajstić information content (AvgIpc) is 3.44. The van der Waals surface area contributed by atoms with Crippen molar-refractivity contribution in [2.75, 3.05) is 18.5 Å². The summed E-state index contributed by atoms with van der Waals surface area (Å²) in [5.41, 5.74) is 4.48. The standard InChI is InChI=1S/C34H31N3O4S/c1-24-15-17-30(18-16-24)42(38,39)37(27-11-5-4-6-12-27)33-31-19-20-34(23-32(31)35-36-33,25-9-7-13-28(21-25)40-2)26-10-8-14-29(22-26)41-3/h4-22H,23H2,1-3H3,(H,35,36). The van der Waals surface area contributed by atoms with Crippen LogP contribution in [0.4, 0.5) is 11.5 Å². The Hall–Kier alpha value is -4.82. The van der Waals surface area contributed by atoms with E-state index in [1.165, 1.54) is 4.31 Å². The molecule has 0 bridgehead atoms. The number of benzene rings is 4. The third-order valence-electron chi connectivity index (χ3n) is 7.76. The minimum absolute atomic E-state index is 0.190. The van der Waals surface area contributed by atoms with Crippen molar-refractivity contribution in [3.8, 4) is 11.5 Å². The summed E-state index contributed by atoms with van der Waals surface area (Å²) in [6.45, 7) is 1.93. The highest BCUT2D eigenvalue weighted by Crippen LogP contribution is 2.46. The number of H-pyrrole nitrogens is 1. The van der Waals surface area contributed by atoms with Crippen LogP contribution in [-0.2, 0) is 21.9 Å². The number of hydrogen-bond donors (Lipinski definition) is 1. The van der Waals surface area contributed by atoms with E-state index < -0.39 is 15.4 Å². The number of anilines is 2. The summed E-state index contributed by atoms with van der Waals surface area (Å²) >= 11 is 0. The number of nitrogens with one attached hydrogen (secondary N) is 1. The number of allylic oxidation sites excluding steroid dienone is 1. The molecule has 6 rings (SSSR count). The smallest absolute Gasteiger partial charge is 0.269 e. The van der Waals surface area contributed by atoms with Crippen LogP contribution in [0.25, 0.3) is 6.08 Å². The molecular formula is C34H31N3O4S. The molecule has 1 aliphatic carbocycles. The van der Waals surface area contributed by atoms with Gasteiger partial charge < -0.3 is 9.47 Å². The predicted octanol–water partition coefficient (Wildman–Crippen LogP) is 6.82. The van der Waals surface area contributed by atoms with E-state index in [1.54, 1.807) is 50.6 Å². The van der Waals surface area contributed by atoms with E-state index in [9.17, 15) is 8.42 Å². The summed E-state index contributed by atoms with van der Waals surface area (Å²) in [7, 11) is -0.689. The number of aromatic amines is 1. The third-order valence-corrected chi connectivity index (χ3v) is 9.50. The second kappa shape index (κ2) is 10.9. The molecule has 0 aliphatic heterocycles. The van der Waals surface area contributed by atoms with Gasteiger partial charge in [0.05, 0.1) is 24.8 Å². The Kier molecular flexibility index (Phi) is 7.08. The molecule has 4 aromatic carbocycles. The maximum absolute atomic E-state index is 14.2. The van der Waals surface area contributed by atoms with Gasteiger partial charge in [-0.3, -0.25) is 5.10 Å². The van der Waals surface area contributed by atoms with Gasteiger partial charge in [-0.2, -0.15) is 5.10 Å². The van der Waals surface area contributed by atoms with Crippen molar-refractivity contribution < 1.29 is 17.9 Å². The van der Waals surface area contributed by atoms with Gasteiger partial charge in [-0.15, -0.1) is 0 Å². The molecule has 1 aliphatic rings. The van der Waals surface area contributed by atoms with Gasteiger partial charge in [-0.05, 0) is 66.6 Å². The lowest BCUT2D eigenvalue weighted by atomic mass is 9.68. The van der Waals surface area contributed by atoms with Gasteiger partial charge in [-0.25, -0.2) is 12.7 Å². The quantitative estimate of drug-likeness (QED) is 0.219. The monoisotopic (exact) mass is 577 g/mol. The SMILES string of the molecule is COc1cccc(C2(c3cccc(OC)c3)C=Cc3c(N(c4ccccc4)S(=O)(=O)c4ccc(C)cc4)n[nH]c3C2)c1. The Balaban J connectivity index is 1.52. The van der Waals surface area contributed by atoms with Gasteiger partial charge in [0.1, 0.15) is 11.5 Å². The largest absolute Gasteiger partial charge is 0.497 e. The van der Waals surface area contributed by atoms with Crippen LogP contribution in [0.1, 0.15) is 27.9 Å². The second-order valence-electron chi connectivity index (χ2n) is 10.3. The summed E-state index contributed by atoms with van der Waals surface area (Å²) in [6, 6.07) is 31.9. The maximum atomic E-state index is 14.2. The molecule has 0 unspecified atom stereocenters. The first-order chi connectivity index (χ1) is 20.4. The topological polar surface area (TPSA) is 84.5 Å². The molecule has 1 heterocycles. The Bertz CT molecular complexity index is 1820. The number of nitrogens with zero attached hydrogens (tertiary/aromatic N) is 2. The normalized spacial score (nSPS) is 13.8. The summed E-state index contributed by atoms with van der Waals surface area (Å²) in [5.74, 6) is 1.82. The number of sulfonamides is 1. The van der Waals surface area contributed by atoms with Crippen molar-refractivity contribution in [3.63, 3.8) is 0 Å². The Labute approximate surface area is 246 Å². The first kappa shape index (κ1) is 27.4. The first-order valence-electron chi connectivity index (χ1n) is 13.6. The van der Waals surface area contributed by atoms with Crippen molar-refractivity contribution >= 4 is 27.6 Å². The molecule has 8 heteroatoms. The minimum Gasteiger partial charge on any atom is -0.497 e. The highest BCUT2D eigenvalue weighted by Gasteiger charge is 2.39. The molecule has 7 nitrogen and oxygen atoms in total. The molecular weight excluding hydrogens is 546 g/mol. The molecule has 5 aromatic rings. The fourth-order valence-corrected chi connectivity index (χ4v) is 6.98. The van der Waals surface area contributed by atoms with Crippen LogP contribution in [0.2, 0.25) is 0 Å². The third kappa shape index (κ3) is 4.73. The number of methoxy groups -OCH3 is 2. The summed E-state index contributed by atoms with van der Waals surface area (Å²) < 4.78 is 40.8. The highest BCUT2D eigenvalue weighted by atomic mass is 32.2. The van der Waals surface area contributed by atoms with E-state index in [0.717, 1.165) is 39.4 Å². The van der Waals surface area contributed by atoms with Gasteiger partial charge in [0.25, 0.3) is 10.0 Å². The van der Waals surface area contributed by atoms with Gasteiger partial charge in [0.15, 0.2) is 5.82 Å². The van der Waals surface area contributed by atoms with Crippen molar-refractivity contribution in [2.24, 2.45) is 0 Å². The number of ether oxygens (including phenoxy) is 2.